The molecule has 2 aromatic rings. The lowest BCUT2D eigenvalue weighted by Crippen LogP contribution is -2.38. The number of halogens is 1. The molecule has 0 bridgehead atoms. The van der Waals surface area contributed by atoms with Crippen LogP contribution in [-0.4, -0.2) is 41.7 Å². The lowest BCUT2D eigenvalue weighted by atomic mass is 9.99. The highest BCUT2D eigenvalue weighted by molar-refractivity contribution is 6.30. The van der Waals surface area contributed by atoms with Crippen molar-refractivity contribution in [3.05, 3.63) is 52.8 Å². The van der Waals surface area contributed by atoms with Crippen molar-refractivity contribution in [3.8, 4) is 0 Å². The van der Waals surface area contributed by atoms with E-state index in [9.17, 15) is 9.90 Å². The smallest absolute Gasteiger partial charge is 0.258 e. The van der Waals surface area contributed by atoms with E-state index >= 15 is 0 Å². The zero-order chi connectivity index (χ0) is 17.4. The van der Waals surface area contributed by atoms with E-state index < -0.39 is 0 Å². The Morgan fingerprint density at radius 3 is 2.88 bits per heavy atom. The summed E-state index contributed by atoms with van der Waals surface area (Å²) in [5.41, 5.74) is 3.46. The van der Waals surface area contributed by atoms with Crippen molar-refractivity contribution in [1.82, 2.24) is 4.98 Å². The van der Waals surface area contributed by atoms with Crippen LogP contribution >= 0.6 is 11.6 Å². The number of anilines is 2. The molecule has 4 rings (SSSR count). The van der Waals surface area contributed by atoms with Crippen LogP contribution in [0, 0.1) is 0 Å². The summed E-state index contributed by atoms with van der Waals surface area (Å²) in [6, 6.07) is 7.56. The highest BCUT2D eigenvalue weighted by atomic mass is 35.5. The first-order valence-electron chi connectivity index (χ1n) is 8.60. The van der Waals surface area contributed by atoms with Gasteiger partial charge >= 0.3 is 0 Å². The quantitative estimate of drug-likeness (QED) is 0.917. The minimum atomic E-state index is -0.0167. The largest absolute Gasteiger partial charge is 0.394 e. The average molecular weight is 358 g/mol. The van der Waals surface area contributed by atoms with Crippen molar-refractivity contribution in [1.29, 1.82) is 0 Å². The van der Waals surface area contributed by atoms with Crippen LogP contribution in [0.4, 0.5) is 11.4 Å². The number of aliphatic hydroxyl groups excluding tert-OH is 1. The second-order valence-corrected chi connectivity index (χ2v) is 7.02. The fourth-order valence-corrected chi connectivity index (χ4v) is 3.98. The van der Waals surface area contributed by atoms with Gasteiger partial charge in [0.05, 0.1) is 36.4 Å². The fraction of sp³-hybridized carbons (Fsp3) is 0.368. The van der Waals surface area contributed by atoms with Crippen LogP contribution in [0.1, 0.15) is 28.8 Å². The third-order valence-electron chi connectivity index (χ3n) is 5.09. The Morgan fingerprint density at radius 1 is 1.20 bits per heavy atom. The van der Waals surface area contributed by atoms with Crippen molar-refractivity contribution < 1.29 is 9.90 Å². The van der Waals surface area contributed by atoms with Gasteiger partial charge in [-0.15, -0.1) is 0 Å². The summed E-state index contributed by atoms with van der Waals surface area (Å²) in [6.07, 6.45) is 6.35. The van der Waals surface area contributed by atoms with Crippen LogP contribution in [0.5, 0.6) is 0 Å². The van der Waals surface area contributed by atoms with Gasteiger partial charge in [0.25, 0.3) is 5.91 Å². The summed E-state index contributed by atoms with van der Waals surface area (Å²) >= 11 is 6.04. The van der Waals surface area contributed by atoms with E-state index in [0.29, 0.717) is 17.1 Å². The number of aliphatic hydroxyl groups is 1. The molecule has 130 valence electrons. The van der Waals surface area contributed by atoms with Gasteiger partial charge < -0.3 is 14.9 Å². The van der Waals surface area contributed by atoms with Gasteiger partial charge in [-0.05, 0) is 49.1 Å². The van der Waals surface area contributed by atoms with Crippen LogP contribution in [-0.2, 0) is 6.42 Å². The molecule has 3 heterocycles. The number of hydrogen-bond donors (Lipinski definition) is 1. The van der Waals surface area contributed by atoms with E-state index in [1.807, 2.05) is 12.1 Å². The zero-order valence-electron chi connectivity index (χ0n) is 13.9. The van der Waals surface area contributed by atoms with E-state index in [2.05, 4.69) is 9.88 Å². The van der Waals surface area contributed by atoms with Crippen LogP contribution in [0.25, 0.3) is 0 Å². The topological polar surface area (TPSA) is 56.7 Å². The van der Waals surface area contributed by atoms with Crippen molar-refractivity contribution in [2.75, 3.05) is 29.5 Å². The molecule has 1 aromatic heterocycles. The number of carbonyl (C=O) groups is 1. The third kappa shape index (κ3) is 2.98. The highest BCUT2D eigenvalue weighted by Gasteiger charge is 2.28. The van der Waals surface area contributed by atoms with Crippen LogP contribution in [0.2, 0.25) is 5.02 Å². The highest BCUT2D eigenvalue weighted by Crippen LogP contribution is 2.31. The Morgan fingerprint density at radius 2 is 2.04 bits per heavy atom. The first-order valence-corrected chi connectivity index (χ1v) is 8.98. The summed E-state index contributed by atoms with van der Waals surface area (Å²) in [5, 5.41) is 10.2. The molecule has 0 saturated carbocycles. The maximum absolute atomic E-state index is 12.9. The molecule has 0 spiro atoms. The summed E-state index contributed by atoms with van der Waals surface area (Å²) in [6.45, 7) is 1.66. The summed E-state index contributed by atoms with van der Waals surface area (Å²) in [5.74, 6) is -0.0167. The fourth-order valence-electron chi connectivity index (χ4n) is 3.79. The Labute approximate surface area is 151 Å². The second-order valence-electron chi connectivity index (χ2n) is 6.58. The molecule has 0 radical (unpaired) electrons. The average Bonchev–Trinajstić information content (AvgIpc) is 3.11. The van der Waals surface area contributed by atoms with Crippen LogP contribution in [0.15, 0.2) is 36.7 Å². The van der Waals surface area contributed by atoms with E-state index in [1.165, 1.54) is 0 Å². The van der Waals surface area contributed by atoms with Gasteiger partial charge in [-0.1, -0.05) is 11.6 Å². The van der Waals surface area contributed by atoms with E-state index in [1.54, 1.807) is 29.4 Å². The number of amides is 1. The predicted molar refractivity (Wildman–Crippen MR) is 98.5 cm³/mol. The Bertz CT molecular complexity index is 811. The van der Waals surface area contributed by atoms with Crippen molar-refractivity contribution in [2.45, 2.75) is 25.3 Å². The van der Waals surface area contributed by atoms with E-state index in [4.69, 9.17) is 11.6 Å². The van der Waals surface area contributed by atoms with Crippen LogP contribution in [0.3, 0.4) is 0 Å². The zero-order valence-corrected chi connectivity index (χ0v) is 14.6. The minimum Gasteiger partial charge on any atom is -0.394 e. The van der Waals surface area contributed by atoms with Crippen molar-refractivity contribution in [2.24, 2.45) is 0 Å². The molecule has 1 saturated heterocycles. The number of rotatable bonds is 3. The molecule has 5 nitrogen and oxygen atoms in total. The Balaban J connectivity index is 1.63. The summed E-state index contributed by atoms with van der Waals surface area (Å²) < 4.78 is 0. The molecule has 1 atom stereocenters. The number of fused-ring (bicyclic) bond motifs is 1. The maximum Gasteiger partial charge on any atom is 0.258 e. The summed E-state index contributed by atoms with van der Waals surface area (Å²) in [7, 11) is 0. The normalized spacial score (nSPS) is 20.1. The van der Waals surface area contributed by atoms with Crippen LogP contribution < -0.4 is 9.80 Å². The van der Waals surface area contributed by atoms with E-state index in [0.717, 1.165) is 42.7 Å². The molecule has 0 aliphatic carbocycles. The lowest BCUT2D eigenvalue weighted by molar-refractivity contribution is 0.0980. The van der Waals surface area contributed by atoms with E-state index in [-0.39, 0.29) is 18.6 Å². The number of aromatic nitrogens is 1. The monoisotopic (exact) mass is 357 g/mol. The molecule has 1 unspecified atom stereocenters. The molecule has 1 N–H and O–H groups in total. The molecule has 2 aliphatic heterocycles. The van der Waals surface area contributed by atoms with Gasteiger partial charge in [0.15, 0.2) is 0 Å². The Kier molecular flexibility index (Phi) is 4.36. The first-order chi connectivity index (χ1) is 12.2. The van der Waals surface area contributed by atoms with Gasteiger partial charge in [0.2, 0.25) is 0 Å². The predicted octanol–water partition coefficient (Wildman–Crippen LogP) is 2.90. The van der Waals surface area contributed by atoms with Gasteiger partial charge in [-0.3, -0.25) is 9.78 Å². The van der Waals surface area contributed by atoms with Gasteiger partial charge in [-0.25, -0.2) is 0 Å². The number of carbonyl (C=O) groups excluding carboxylic acids is 1. The standard InChI is InChI=1S/C19H20ClN3O2/c20-14-3-4-18-13(8-14)5-7-23(19(18)25)17-9-16(10-21-11-17)22-6-1-2-15(22)12-24/h3-4,8-11,15,24H,1-2,5-7,12H2. The molecular weight excluding hydrogens is 338 g/mol. The molecule has 6 heteroatoms. The minimum absolute atomic E-state index is 0.0167. The van der Waals surface area contributed by atoms with Gasteiger partial charge in [-0.2, -0.15) is 0 Å². The van der Waals surface area contributed by atoms with Crippen molar-refractivity contribution in [3.63, 3.8) is 0 Å². The van der Waals surface area contributed by atoms with Crippen molar-refractivity contribution >= 4 is 28.9 Å². The van der Waals surface area contributed by atoms with Gasteiger partial charge in [0.1, 0.15) is 0 Å². The number of pyridine rings is 1. The molecule has 1 amide bonds. The Hall–Kier alpha value is -2.11. The number of nitrogens with zero attached hydrogens (tertiary/aromatic N) is 3. The van der Waals surface area contributed by atoms with Gasteiger partial charge in [0, 0.05) is 23.7 Å². The maximum atomic E-state index is 12.9. The summed E-state index contributed by atoms with van der Waals surface area (Å²) in [4.78, 5) is 21.2. The SMILES string of the molecule is O=C1c2ccc(Cl)cc2CCN1c1cncc(N2CCCC2CO)c1. The lowest BCUT2D eigenvalue weighted by Gasteiger charge is -2.30. The molecule has 1 fully saturated rings. The molecule has 2 aliphatic rings. The third-order valence-corrected chi connectivity index (χ3v) is 5.32. The molecule has 25 heavy (non-hydrogen) atoms. The number of hydrogen-bond acceptors (Lipinski definition) is 4. The second kappa shape index (κ2) is 6.65. The molecule has 1 aromatic carbocycles. The number of benzene rings is 1. The molecular formula is C19H20ClN3O2. The first kappa shape index (κ1) is 16.4.